The van der Waals surface area contributed by atoms with Gasteiger partial charge in [-0.2, -0.15) is 0 Å². The zero-order valence-corrected chi connectivity index (χ0v) is 10.3. The standard InChI is InChI=1S/C10H11NO6S/c1-2-17-10(12)7-18(15,16)9-5-3-8(4-6-9)11(13)14/h3-6H,2,7H2,1H3. The first-order valence-electron chi connectivity index (χ1n) is 4.99. The normalized spacial score (nSPS) is 10.9. The van der Waals surface area contributed by atoms with Crippen LogP contribution in [0.2, 0.25) is 0 Å². The van der Waals surface area contributed by atoms with Gasteiger partial charge in [-0.1, -0.05) is 0 Å². The van der Waals surface area contributed by atoms with E-state index in [2.05, 4.69) is 4.74 Å². The van der Waals surface area contributed by atoms with Gasteiger partial charge in [0.15, 0.2) is 15.6 Å². The number of nitro benzene ring substituents is 1. The van der Waals surface area contributed by atoms with Gasteiger partial charge in [0.1, 0.15) is 0 Å². The maximum Gasteiger partial charge on any atom is 0.321 e. The molecule has 0 bridgehead atoms. The number of non-ortho nitro benzene ring substituents is 1. The molecule has 0 fully saturated rings. The van der Waals surface area contributed by atoms with Gasteiger partial charge >= 0.3 is 5.97 Å². The molecule has 1 rings (SSSR count). The van der Waals surface area contributed by atoms with E-state index >= 15 is 0 Å². The fourth-order valence-corrected chi connectivity index (χ4v) is 2.33. The topological polar surface area (TPSA) is 104 Å². The minimum atomic E-state index is -3.82. The molecule has 0 radical (unpaired) electrons. The van der Waals surface area contributed by atoms with E-state index in [1.165, 1.54) is 0 Å². The van der Waals surface area contributed by atoms with Crippen molar-refractivity contribution in [2.45, 2.75) is 11.8 Å². The van der Waals surface area contributed by atoms with Crippen LogP contribution in [-0.4, -0.2) is 31.7 Å². The minimum absolute atomic E-state index is 0.0919. The average molecular weight is 273 g/mol. The Bertz CT molecular complexity index is 548. The summed E-state index contributed by atoms with van der Waals surface area (Å²) in [6, 6.07) is 4.31. The van der Waals surface area contributed by atoms with E-state index in [1.54, 1.807) is 6.92 Å². The number of rotatable bonds is 5. The lowest BCUT2D eigenvalue weighted by atomic mass is 10.3. The van der Waals surface area contributed by atoms with Crippen LogP contribution in [-0.2, 0) is 19.4 Å². The molecule has 0 aliphatic rings. The molecule has 0 spiro atoms. The largest absolute Gasteiger partial charge is 0.465 e. The molecule has 8 heteroatoms. The maximum atomic E-state index is 11.7. The second kappa shape index (κ2) is 5.58. The fraction of sp³-hybridized carbons (Fsp3) is 0.300. The third-order valence-corrected chi connectivity index (χ3v) is 3.63. The highest BCUT2D eigenvalue weighted by Crippen LogP contribution is 2.17. The molecule has 0 saturated carbocycles. The predicted molar refractivity (Wildman–Crippen MR) is 61.8 cm³/mol. The molecule has 98 valence electrons. The summed E-state index contributed by atoms with van der Waals surface area (Å²) in [7, 11) is -3.82. The number of hydrogen-bond donors (Lipinski definition) is 0. The van der Waals surface area contributed by atoms with E-state index in [1.807, 2.05) is 0 Å². The smallest absolute Gasteiger partial charge is 0.321 e. The Kier molecular flexibility index (Phi) is 4.38. The molecule has 0 unspecified atom stereocenters. The van der Waals surface area contributed by atoms with Crippen LogP contribution in [0.25, 0.3) is 0 Å². The number of nitrogens with zero attached hydrogens (tertiary/aromatic N) is 1. The Morgan fingerprint density at radius 2 is 1.89 bits per heavy atom. The third kappa shape index (κ3) is 3.52. The first-order chi connectivity index (χ1) is 8.36. The monoisotopic (exact) mass is 273 g/mol. The third-order valence-electron chi connectivity index (χ3n) is 2.02. The number of nitro groups is 1. The van der Waals surface area contributed by atoms with Crippen LogP contribution in [0.15, 0.2) is 29.2 Å². The van der Waals surface area contributed by atoms with Gasteiger partial charge in [0.05, 0.1) is 16.4 Å². The van der Waals surface area contributed by atoms with Gasteiger partial charge in [-0.25, -0.2) is 8.42 Å². The SMILES string of the molecule is CCOC(=O)CS(=O)(=O)c1ccc([N+](=O)[O-])cc1. The van der Waals surface area contributed by atoms with Crippen molar-refractivity contribution in [2.75, 3.05) is 12.4 Å². The number of ether oxygens (including phenoxy) is 1. The lowest BCUT2D eigenvalue weighted by Crippen LogP contribution is -2.18. The Morgan fingerprint density at radius 1 is 1.33 bits per heavy atom. The predicted octanol–water partition coefficient (Wildman–Crippen LogP) is 0.932. The summed E-state index contributed by atoms with van der Waals surface area (Å²) in [5, 5.41) is 10.4. The Hall–Kier alpha value is -1.96. The van der Waals surface area contributed by atoms with Crippen LogP contribution in [0, 0.1) is 10.1 Å². The van der Waals surface area contributed by atoms with E-state index in [9.17, 15) is 23.3 Å². The molecule has 0 amide bonds. The second-order valence-corrected chi connectivity index (χ2v) is 5.30. The molecule has 0 aromatic heterocycles. The average Bonchev–Trinajstić information content (AvgIpc) is 2.28. The van der Waals surface area contributed by atoms with Gasteiger partial charge in [0.2, 0.25) is 0 Å². The lowest BCUT2D eigenvalue weighted by Gasteiger charge is -2.03. The molecule has 0 aliphatic carbocycles. The molecule has 7 nitrogen and oxygen atoms in total. The van der Waals surface area contributed by atoms with Crippen LogP contribution in [0.4, 0.5) is 5.69 Å². The number of esters is 1. The molecular weight excluding hydrogens is 262 g/mol. The maximum absolute atomic E-state index is 11.7. The molecule has 0 N–H and O–H groups in total. The van der Waals surface area contributed by atoms with Crippen molar-refractivity contribution in [3.63, 3.8) is 0 Å². The highest BCUT2D eigenvalue weighted by Gasteiger charge is 2.20. The number of benzene rings is 1. The van der Waals surface area contributed by atoms with Crippen molar-refractivity contribution in [2.24, 2.45) is 0 Å². The van der Waals surface area contributed by atoms with E-state index in [4.69, 9.17) is 0 Å². The summed E-state index contributed by atoms with van der Waals surface area (Å²) in [5.41, 5.74) is -0.218. The van der Waals surface area contributed by atoms with Crippen LogP contribution in [0.5, 0.6) is 0 Å². The number of hydrogen-bond acceptors (Lipinski definition) is 6. The van der Waals surface area contributed by atoms with E-state index in [0.717, 1.165) is 24.3 Å². The Morgan fingerprint density at radius 3 is 2.33 bits per heavy atom. The van der Waals surface area contributed by atoms with Crippen molar-refractivity contribution >= 4 is 21.5 Å². The summed E-state index contributed by atoms with van der Waals surface area (Å²) < 4.78 is 28.0. The summed E-state index contributed by atoms with van der Waals surface area (Å²) >= 11 is 0. The van der Waals surface area contributed by atoms with E-state index < -0.39 is 26.5 Å². The van der Waals surface area contributed by atoms with Crippen molar-refractivity contribution in [3.05, 3.63) is 34.4 Å². The number of sulfone groups is 1. The van der Waals surface area contributed by atoms with Gasteiger partial charge in [0.25, 0.3) is 5.69 Å². The highest BCUT2D eigenvalue weighted by atomic mass is 32.2. The summed E-state index contributed by atoms with van der Waals surface area (Å²) in [4.78, 5) is 20.7. The first kappa shape index (κ1) is 14.1. The molecule has 0 heterocycles. The van der Waals surface area contributed by atoms with Crippen molar-refractivity contribution in [3.8, 4) is 0 Å². The van der Waals surface area contributed by atoms with Crippen LogP contribution < -0.4 is 0 Å². The summed E-state index contributed by atoms with van der Waals surface area (Å²) in [6.45, 7) is 1.66. The van der Waals surface area contributed by atoms with Crippen LogP contribution in [0.3, 0.4) is 0 Å². The molecule has 18 heavy (non-hydrogen) atoms. The molecular formula is C10H11NO6S. The Labute approximate surface area is 103 Å². The molecule has 1 aromatic rings. The van der Waals surface area contributed by atoms with Gasteiger partial charge in [0, 0.05) is 12.1 Å². The van der Waals surface area contributed by atoms with Gasteiger partial charge in [-0.3, -0.25) is 14.9 Å². The quantitative estimate of drug-likeness (QED) is 0.449. The zero-order valence-electron chi connectivity index (χ0n) is 9.53. The van der Waals surface area contributed by atoms with Gasteiger partial charge in [-0.05, 0) is 19.1 Å². The fourth-order valence-electron chi connectivity index (χ4n) is 1.22. The van der Waals surface area contributed by atoms with E-state index in [0.29, 0.717) is 0 Å². The van der Waals surface area contributed by atoms with Crippen LogP contribution in [0.1, 0.15) is 6.92 Å². The van der Waals surface area contributed by atoms with E-state index in [-0.39, 0.29) is 17.2 Å². The van der Waals surface area contributed by atoms with Crippen molar-refractivity contribution < 1.29 is 22.9 Å². The minimum Gasteiger partial charge on any atom is -0.465 e. The Balaban J connectivity index is 2.92. The lowest BCUT2D eigenvalue weighted by molar-refractivity contribution is -0.384. The second-order valence-electron chi connectivity index (χ2n) is 3.32. The number of carbonyl (C=O) groups excluding carboxylic acids is 1. The number of carbonyl (C=O) groups is 1. The van der Waals surface area contributed by atoms with Gasteiger partial charge < -0.3 is 4.74 Å². The zero-order chi connectivity index (χ0) is 13.8. The van der Waals surface area contributed by atoms with Crippen LogP contribution >= 0.6 is 0 Å². The summed E-state index contributed by atoms with van der Waals surface area (Å²) in [6.07, 6.45) is 0. The summed E-state index contributed by atoms with van der Waals surface area (Å²) in [5.74, 6) is -1.63. The first-order valence-corrected chi connectivity index (χ1v) is 6.65. The van der Waals surface area contributed by atoms with Crippen molar-refractivity contribution in [1.82, 2.24) is 0 Å². The van der Waals surface area contributed by atoms with Crippen molar-refractivity contribution in [1.29, 1.82) is 0 Å². The van der Waals surface area contributed by atoms with Gasteiger partial charge in [-0.15, -0.1) is 0 Å². The molecule has 0 saturated heterocycles. The molecule has 0 atom stereocenters. The molecule has 0 aliphatic heterocycles. The highest BCUT2D eigenvalue weighted by molar-refractivity contribution is 7.92. The molecule has 1 aromatic carbocycles.